The maximum absolute atomic E-state index is 15.3. The number of fused-ring (bicyclic) bond motifs is 1. The van der Waals surface area contributed by atoms with Crippen molar-refractivity contribution in [2.24, 2.45) is 5.41 Å². The molecule has 6 nitrogen and oxygen atoms in total. The molecule has 1 aliphatic rings. The molecule has 5 aromatic rings. The van der Waals surface area contributed by atoms with E-state index in [1.807, 2.05) is 42.5 Å². The first-order valence-electron chi connectivity index (χ1n) is 14.7. The fraction of sp³-hybridized carbons (Fsp3) is 0.250. The Hall–Kier alpha value is -4.24. The molecular weight excluding hydrogens is 575 g/mol. The molecule has 6 rings (SSSR count). The van der Waals surface area contributed by atoms with Crippen molar-refractivity contribution in [3.63, 3.8) is 0 Å². The van der Waals surface area contributed by atoms with Crippen LogP contribution in [-0.2, 0) is 33.7 Å². The van der Waals surface area contributed by atoms with E-state index < -0.39 is 11.2 Å². The van der Waals surface area contributed by atoms with Crippen molar-refractivity contribution in [3.05, 3.63) is 114 Å². The van der Waals surface area contributed by atoms with Crippen molar-refractivity contribution in [1.29, 1.82) is 0 Å². The first-order chi connectivity index (χ1) is 21.4. The van der Waals surface area contributed by atoms with E-state index in [4.69, 9.17) is 9.47 Å². The van der Waals surface area contributed by atoms with Crippen molar-refractivity contribution in [2.45, 2.75) is 32.2 Å². The van der Waals surface area contributed by atoms with Crippen LogP contribution >= 0.6 is 11.3 Å². The molecule has 1 saturated carbocycles. The van der Waals surface area contributed by atoms with Gasteiger partial charge in [-0.3, -0.25) is 14.6 Å². The van der Waals surface area contributed by atoms with Gasteiger partial charge in [-0.15, -0.1) is 11.3 Å². The van der Waals surface area contributed by atoms with E-state index in [0.717, 1.165) is 44.9 Å². The Morgan fingerprint density at radius 1 is 0.886 bits per heavy atom. The molecule has 2 heterocycles. The minimum Gasteiger partial charge on any atom is -0.453 e. The Kier molecular flexibility index (Phi) is 8.93. The van der Waals surface area contributed by atoms with E-state index in [1.165, 1.54) is 6.07 Å². The molecule has 3 aromatic carbocycles. The number of aromatic nitrogens is 1. The highest BCUT2D eigenvalue weighted by atomic mass is 32.1. The lowest BCUT2D eigenvalue weighted by Gasteiger charge is -2.14. The highest BCUT2D eigenvalue weighted by molar-refractivity contribution is 7.22. The number of ketones is 2. The van der Waals surface area contributed by atoms with Gasteiger partial charge in [0, 0.05) is 50.2 Å². The van der Waals surface area contributed by atoms with Gasteiger partial charge in [-0.2, -0.15) is 0 Å². The fourth-order valence-corrected chi connectivity index (χ4v) is 6.44. The summed E-state index contributed by atoms with van der Waals surface area (Å²) >= 11 is 1.54. The molecule has 0 atom stereocenters. The molecular formula is C36H33FN2O4S. The van der Waals surface area contributed by atoms with E-state index in [0.29, 0.717) is 30.8 Å². The SMILES string of the molecule is COCCNCc1cccc(-c2cc3nccc(Oc4ccc(CC(=O)C5(C(=O)Cc6ccccc6)CC5)cc4F)c3s2)c1. The second-order valence-electron chi connectivity index (χ2n) is 11.1. The van der Waals surface area contributed by atoms with Gasteiger partial charge < -0.3 is 14.8 Å². The number of pyridine rings is 1. The molecule has 1 aliphatic carbocycles. The lowest BCUT2D eigenvalue weighted by atomic mass is 9.88. The standard InChI is InChI=1S/C36H33FN2O4S/c1-42-17-16-38-23-26-8-5-9-27(18-26)32-22-29-35(44-32)31(12-15-39-29)43-30-11-10-25(19-28(30)37)21-34(41)36(13-14-36)33(40)20-24-6-3-2-4-7-24/h2-12,15,18-19,22,38H,13-14,16-17,20-21,23H2,1H3. The second kappa shape index (κ2) is 13.2. The average Bonchev–Trinajstić information content (AvgIpc) is 3.74. The first-order valence-corrected chi connectivity index (χ1v) is 15.5. The Balaban J connectivity index is 1.14. The second-order valence-corrected chi connectivity index (χ2v) is 12.2. The summed E-state index contributed by atoms with van der Waals surface area (Å²) in [7, 11) is 1.68. The maximum Gasteiger partial charge on any atom is 0.166 e. The van der Waals surface area contributed by atoms with Gasteiger partial charge in [0.25, 0.3) is 0 Å². The number of thiophene rings is 1. The van der Waals surface area contributed by atoms with Crippen molar-refractivity contribution in [1.82, 2.24) is 10.3 Å². The van der Waals surface area contributed by atoms with Gasteiger partial charge in [-0.25, -0.2) is 4.39 Å². The van der Waals surface area contributed by atoms with Gasteiger partial charge in [0.2, 0.25) is 0 Å². The third kappa shape index (κ3) is 6.63. The van der Waals surface area contributed by atoms with Crippen molar-refractivity contribution in [3.8, 4) is 21.9 Å². The average molecular weight is 609 g/mol. The van der Waals surface area contributed by atoms with Crippen LogP contribution in [0.5, 0.6) is 11.5 Å². The predicted octanol–water partition coefficient (Wildman–Crippen LogP) is 7.33. The topological polar surface area (TPSA) is 77.5 Å². The molecule has 2 aromatic heterocycles. The number of rotatable bonds is 14. The summed E-state index contributed by atoms with van der Waals surface area (Å²) in [6.07, 6.45) is 2.99. The van der Waals surface area contributed by atoms with Gasteiger partial charge in [-0.05, 0) is 59.4 Å². The van der Waals surface area contributed by atoms with Gasteiger partial charge in [0.15, 0.2) is 23.1 Å². The van der Waals surface area contributed by atoms with Crippen molar-refractivity contribution in [2.75, 3.05) is 20.3 Å². The molecule has 0 aliphatic heterocycles. The number of carbonyl (C=O) groups excluding carboxylic acids is 2. The van der Waals surface area contributed by atoms with E-state index >= 15 is 4.39 Å². The molecule has 0 bridgehead atoms. The van der Waals surface area contributed by atoms with Gasteiger partial charge in [0.1, 0.15) is 5.75 Å². The number of Topliss-reactive ketones (excluding diaryl/α,β-unsaturated/α-hetero) is 2. The number of carbonyl (C=O) groups is 2. The highest BCUT2D eigenvalue weighted by Crippen LogP contribution is 2.49. The van der Waals surface area contributed by atoms with E-state index in [9.17, 15) is 9.59 Å². The molecule has 0 spiro atoms. The predicted molar refractivity (Wildman–Crippen MR) is 171 cm³/mol. The van der Waals surface area contributed by atoms with Crippen LogP contribution in [0.2, 0.25) is 0 Å². The number of hydrogen-bond acceptors (Lipinski definition) is 7. The fourth-order valence-electron chi connectivity index (χ4n) is 5.38. The van der Waals surface area contributed by atoms with Crippen LogP contribution in [0.25, 0.3) is 20.7 Å². The zero-order valence-electron chi connectivity index (χ0n) is 24.5. The normalized spacial score (nSPS) is 13.6. The Morgan fingerprint density at radius 3 is 2.41 bits per heavy atom. The van der Waals surface area contributed by atoms with Crippen LogP contribution in [0.4, 0.5) is 4.39 Å². The summed E-state index contributed by atoms with van der Waals surface area (Å²) < 4.78 is 27.2. The number of benzene rings is 3. The zero-order chi connectivity index (χ0) is 30.5. The van der Waals surface area contributed by atoms with Crippen LogP contribution in [0.3, 0.4) is 0 Å². The quantitative estimate of drug-likeness (QED) is 0.105. The smallest absolute Gasteiger partial charge is 0.166 e. The number of hydrogen-bond donors (Lipinski definition) is 1. The summed E-state index contributed by atoms with van der Waals surface area (Å²) in [5, 5.41) is 3.36. The maximum atomic E-state index is 15.3. The number of methoxy groups -OCH3 is 1. The lowest BCUT2D eigenvalue weighted by Crippen LogP contribution is -2.28. The molecule has 0 amide bonds. The minimum atomic E-state index is -0.943. The van der Waals surface area contributed by atoms with E-state index in [1.54, 1.807) is 42.8 Å². The molecule has 8 heteroatoms. The van der Waals surface area contributed by atoms with Crippen LogP contribution in [0.15, 0.2) is 91.1 Å². The summed E-state index contributed by atoms with van der Waals surface area (Å²) in [4.78, 5) is 31.7. The number of halogens is 1. The third-order valence-electron chi connectivity index (χ3n) is 8.01. The van der Waals surface area contributed by atoms with E-state index in [-0.39, 0.29) is 30.2 Å². The summed E-state index contributed by atoms with van der Waals surface area (Å²) in [6, 6.07) is 26.1. The molecule has 44 heavy (non-hydrogen) atoms. The molecule has 1 fully saturated rings. The lowest BCUT2D eigenvalue weighted by molar-refractivity contribution is -0.133. The van der Waals surface area contributed by atoms with Crippen LogP contribution < -0.4 is 10.1 Å². The largest absolute Gasteiger partial charge is 0.453 e. The summed E-state index contributed by atoms with van der Waals surface area (Å²) in [5.41, 5.74) is 3.47. The molecule has 0 radical (unpaired) electrons. The Morgan fingerprint density at radius 2 is 1.66 bits per heavy atom. The summed E-state index contributed by atoms with van der Waals surface area (Å²) in [6.45, 7) is 2.17. The van der Waals surface area contributed by atoms with Gasteiger partial charge in [0.05, 0.1) is 22.2 Å². The van der Waals surface area contributed by atoms with Gasteiger partial charge >= 0.3 is 0 Å². The monoisotopic (exact) mass is 608 g/mol. The number of nitrogens with zero attached hydrogens (tertiary/aromatic N) is 1. The minimum absolute atomic E-state index is 0.00643. The first kappa shape index (κ1) is 29.8. The Bertz CT molecular complexity index is 1800. The molecule has 224 valence electrons. The van der Waals surface area contributed by atoms with Crippen molar-refractivity contribution < 1.29 is 23.5 Å². The van der Waals surface area contributed by atoms with Crippen LogP contribution in [0, 0.1) is 11.2 Å². The summed E-state index contributed by atoms with van der Waals surface area (Å²) in [5.74, 6) is -0.199. The molecule has 0 saturated heterocycles. The Labute approximate surface area is 259 Å². The van der Waals surface area contributed by atoms with Crippen LogP contribution in [0.1, 0.15) is 29.5 Å². The van der Waals surface area contributed by atoms with Crippen molar-refractivity contribution >= 4 is 33.1 Å². The van der Waals surface area contributed by atoms with E-state index in [2.05, 4.69) is 28.5 Å². The highest BCUT2D eigenvalue weighted by Gasteiger charge is 2.54. The van der Waals surface area contributed by atoms with Crippen LogP contribution in [-0.4, -0.2) is 36.8 Å². The third-order valence-corrected chi connectivity index (χ3v) is 9.19. The molecule has 1 N–H and O–H groups in total. The van der Waals surface area contributed by atoms with Gasteiger partial charge in [-0.1, -0.05) is 54.6 Å². The number of ether oxygens (including phenoxy) is 2. The molecule has 0 unspecified atom stereocenters. The number of nitrogens with one attached hydrogen (secondary N) is 1. The zero-order valence-corrected chi connectivity index (χ0v) is 25.3.